The minimum absolute atomic E-state index is 0.278. The van der Waals surface area contributed by atoms with E-state index in [4.69, 9.17) is 4.74 Å². The summed E-state index contributed by atoms with van der Waals surface area (Å²) in [5.41, 5.74) is 3.57. The quantitative estimate of drug-likeness (QED) is 0.494. The number of anilines is 2. The van der Waals surface area contributed by atoms with Crippen LogP contribution in [0, 0.1) is 6.92 Å². The average molecular weight is 334 g/mol. The number of unbranched alkanes of at least 4 members (excludes halogenated alkanes) is 1. The van der Waals surface area contributed by atoms with Gasteiger partial charge in [-0.1, -0.05) is 31.5 Å². The third-order valence-electron chi connectivity index (χ3n) is 4.05. The summed E-state index contributed by atoms with van der Waals surface area (Å²) in [6, 6.07) is 17.4. The molecular weight excluding hydrogens is 312 g/mol. The van der Waals surface area contributed by atoms with Crippen molar-refractivity contribution >= 4 is 28.4 Å². The van der Waals surface area contributed by atoms with E-state index in [0.717, 1.165) is 35.2 Å². The number of fused-ring (bicyclic) bond motifs is 1. The second-order valence-electron chi connectivity index (χ2n) is 6.03. The maximum Gasteiger partial charge on any atom is 0.338 e. The van der Waals surface area contributed by atoms with Gasteiger partial charge >= 0.3 is 5.97 Å². The Morgan fingerprint density at radius 3 is 2.64 bits per heavy atom. The number of nitrogens with zero attached hydrogens (tertiary/aromatic N) is 1. The monoisotopic (exact) mass is 334 g/mol. The van der Waals surface area contributed by atoms with Gasteiger partial charge in [0.2, 0.25) is 0 Å². The summed E-state index contributed by atoms with van der Waals surface area (Å²) >= 11 is 0. The molecule has 128 valence electrons. The molecule has 0 amide bonds. The van der Waals surface area contributed by atoms with Crippen molar-refractivity contribution in [1.82, 2.24) is 4.98 Å². The molecule has 25 heavy (non-hydrogen) atoms. The van der Waals surface area contributed by atoms with E-state index in [1.54, 1.807) is 12.1 Å². The average Bonchev–Trinajstić information content (AvgIpc) is 2.62. The summed E-state index contributed by atoms with van der Waals surface area (Å²) in [5.74, 6) is 0.508. The summed E-state index contributed by atoms with van der Waals surface area (Å²) < 4.78 is 5.22. The normalized spacial score (nSPS) is 10.6. The zero-order valence-corrected chi connectivity index (χ0v) is 14.6. The van der Waals surface area contributed by atoms with Gasteiger partial charge in [0.05, 0.1) is 17.7 Å². The lowest BCUT2D eigenvalue weighted by Crippen LogP contribution is -2.06. The molecule has 4 heteroatoms. The Morgan fingerprint density at radius 1 is 1.12 bits per heavy atom. The van der Waals surface area contributed by atoms with Crippen LogP contribution in [0.3, 0.4) is 0 Å². The van der Waals surface area contributed by atoms with Crippen LogP contribution in [0.4, 0.5) is 11.5 Å². The predicted molar refractivity (Wildman–Crippen MR) is 101 cm³/mol. The molecule has 0 aliphatic carbocycles. The molecule has 3 rings (SSSR count). The number of hydrogen-bond acceptors (Lipinski definition) is 4. The molecule has 0 saturated carbocycles. The van der Waals surface area contributed by atoms with Crippen LogP contribution in [0.25, 0.3) is 10.9 Å². The van der Waals surface area contributed by atoms with Gasteiger partial charge in [-0.2, -0.15) is 0 Å². The van der Waals surface area contributed by atoms with Crippen molar-refractivity contribution in [2.24, 2.45) is 0 Å². The van der Waals surface area contributed by atoms with Gasteiger partial charge in [-0.3, -0.25) is 0 Å². The maximum absolute atomic E-state index is 11.9. The van der Waals surface area contributed by atoms with Crippen LogP contribution < -0.4 is 5.32 Å². The second-order valence-corrected chi connectivity index (χ2v) is 6.03. The van der Waals surface area contributed by atoms with E-state index in [1.807, 2.05) is 36.4 Å². The molecule has 3 aromatic rings. The minimum atomic E-state index is -0.278. The summed E-state index contributed by atoms with van der Waals surface area (Å²) in [5, 5.41) is 4.44. The molecule has 2 aromatic carbocycles. The fourth-order valence-corrected chi connectivity index (χ4v) is 2.64. The van der Waals surface area contributed by atoms with Gasteiger partial charge in [-0.25, -0.2) is 9.78 Å². The largest absolute Gasteiger partial charge is 0.462 e. The molecule has 0 radical (unpaired) electrons. The zero-order chi connectivity index (χ0) is 17.6. The maximum atomic E-state index is 11.9. The molecule has 0 aliphatic heterocycles. The Kier molecular flexibility index (Phi) is 5.29. The highest BCUT2D eigenvalue weighted by atomic mass is 16.5. The summed E-state index contributed by atoms with van der Waals surface area (Å²) in [6.07, 6.45) is 1.90. The van der Waals surface area contributed by atoms with E-state index in [1.165, 1.54) is 5.56 Å². The van der Waals surface area contributed by atoms with E-state index in [-0.39, 0.29) is 5.97 Å². The number of pyridine rings is 1. The first-order chi connectivity index (χ1) is 12.2. The van der Waals surface area contributed by atoms with Gasteiger partial charge in [0.15, 0.2) is 0 Å². The molecule has 0 fully saturated rings. The van der Waals surface area contributed by atoms with Gasteiger partial charge in [-0.15, -0.1) is 0 Å². The van der Waals surface area contributed by atoms with E-state index in [0.29, 0.717) is 12.2 Å². The third kappa shape index (κ3) is 4.15. The molecule has 1 N–H and O–H groups in total. The van der Waals surface area contributed by atoms with Crippen LogP contribution in [0.5, 0.6) is 0 Å². The van der Waals surface area contributed by atoms with Crippen LogP contribution >= 0.6 is 0 Å². The smallest absolute Gasteiger partial charge is 0.338 e. The summed E-state index contributed by atoms with van der Waals surface area (Å²) in [6.45, 7) is 4.61. The standard InChI is InChI=1S/C21H22N2O2/c1-3-4-13-25-21(24)16-9-11-17(12-10-16)22-20-14-15(2)18-7-5-6-8-19(18)23-20/h5-12,14H,3-4,13H2,1-2H3,(H,22,23). The topological polar surface area (TPSA) is 51.2 Å². The van der Waals surface area contributed by atoms with Crippen molar-refractivity contribution < 1.29 is 9.53 Å². The Balaban J connectivity index is 1.72. The fourth-order valence-electron chi connectivity index (χ4n) is 2.64. The van der Waals surface area contributed by atoms with Gasteiger partial charge in [0.25, 0.3) is 0 Å². The lowest BCUT2D eigenvalue weighted by atomic mass is 10.1. The lowest BCUT2D eigenvalue weighted by Gasteiger charge is -2.10. The number of rotatable bonds is 6. The predicted octanol–water partition coefficient (Wildman–Crippen LogP) is 5.24. The van der Waals surface area contributed by atoms with E-state index < -0.39 is 0 Å². The molecule has 1 aromatic heterocycles. The highest BCUT2D eigenvalue weighted by molar-refractivity contribution is 5.90. The number of ether oxygens (including phenoxy) is 1. The van der Waals surface area contributed by atoms with Crippen LogP contribution in [0.15, 0.2) is 54.6 Å². The number of carbonyl (C=O) groups excluding carboxylic acids is 1. The Labute approximate surface area is 147 Å². The highest BCUT2D eigenvalue weighted by Crippen LogP contribution is 2.22. The fraction of sp³-hybridized carbons (Fsp3) is 0.238. The number of carbonyl (C=O) groups is 1. The first-order valence-electron chi connectivity index (χ1n) is 8.58. The Bertz CT molecular complexity index is 873. The van der Waals surface area contributed by atoms with E-state index in [2.05, 4.69) is 30.2 Å². The molecule has 0 bridgehead atoms. The molecule has 4 nitrogen and oxygen atoms in total. The van der Waals surface area contributed by atoms with Crippen molar-refractivity contribution in [2.45, 2.75) is 26.7 Å². The van der Waals surface area contributed by atoms with Crippen molar-refractivity contribution in [3.8, 4) is 0 Å². The van der Waals surface area contributed by atoms with Gasteiger partial charge in [-0.05, 0) is 55.3 Å². The number of nitrogens with one attached hydrogen (secondary N) is 1. The number of aromatic nitrogens is 1. The molecule has 0 saturated heterocycles. The number of para-hydroxylation sites is 1. The molecule has 0 unspecified atom stereocenters. The zero-order valence-electron chi connectivity index (χ0n) is 14.6. The molecule has 0 spiro atoms. The lowest BCUT2D eigenvalue weighted by molar-refractivity contribution is 0.0500. The summed E-state index contributed by atoms with van der Waals surface area (Å²) in [7, 11) is 0. The number of hydrogen-bond donors (Lipinski definition) is 1. The first-order valence-corrected chi connectivity index (χ1v) is 8.58. The number of esters is 1. The molecular formula is C21H22N2O2. The Hall–Kier alpha value is -2.88. The van der Waals surface area contributed by atoms with Gasteiger partial charge in [0.1, 0.15) is 5.82 Å². The molecule has 1 heterocycles. The first kappa shape index (κ1) is 17.0. The van der Waals surface area contributed by atoms with Crippen molar-refractivity contribution in [1.29, 1.82) is 0 Å². The van der Waals surface area contributed by atoms with Crippen LogP contribution in [0.2, 0.25) is 0 Å². The van der Waals surface area contributed by atoms with E-state index >= 15 is 0 Å². The molecule has 0 aliphatic rings. The SMILES string of the molecule is CCCCOC(=O)c1ccc(Nc2cc(C)c3ccccc3n2)cc1. The Morgan fingerprint density at radius 2 is 1.88 bits per heavy atom. The van der Waals surface area contributed by atoms with Crippen LogP contribution in [0.1, 0.15) is 35.7 Å². The third-order valence-corrected chi connectivity index (χ3v) is 4.05. The van der Waals surface area contributed by atoms with E-state index in [9.17, 15) is 4.79 Å². The molecule has 0 atom stereocenters. The van der Waals surface area contributed by atoms with Crippen molar-refractivity contribution in [3.05, 3.63) is 65.7 Å². The van der Waals surface area contributed by atoms with Crippen LogP contribution in [-0.4, -0.2) is 17.6 Å². The van der Waals surface area contributed by atoms with Gasteiger partial charge < -0.3 is 10.1 Å². The number of benzene rings is 2. The second kappa shape index (κ2) is 7.79. The van der Waals surface area contributed by atoms with Crippen LogP contribution in [-0.2, 0) is 4.74 Å². The minimum Gasteiger partial charge on any atom is -0.462 e. The highest BCUT2D eigenvalue weighted by Gasteiger charge is 2.07. The summed E-state index contributed by atoms with van der Waals surface area (Å²) in [4.78, 5) is 16.6. The van der Waals surface area contributed by atoms with Gasteiger partial charge in [0, 0.05) is 11.1 Å². The van der Waals surface area contributed by atoms with Crippen molar-refractivity contribution in [2.75, 3.05) is 11.9 Å². The van der Waals surface area contributed by atoms with Crippen molar-refractivity contribution in [3.63, 3.8) is 0 Å². The number of aryl methyl sites for hydroxylation is 1.